The van der Waals surface area contributed by atoms with Gasteiger partial charge in [-0.2, -0.15) is 0 Å². The Morgan fingerprint density at radius 2 is 1.90 bits per heavy atom. The van der Waals surface area contributed by atoms with E-state index >= 15 is 0 Å². The Hall–Kier alpha value is -2.09. The number of hydrogen-bond donors (Lipinski definition) is 1. The van der Waals surface area contributed by atoms with E-state index in [0.29, 0.717) is 0 Å². The third-order valence-corrected chi connectivity index (χ3v) is 3.36. The summed E-state index contributed by atoms with van der Waals surface area (Å²) in [5.74, 6) is 1.02. The van der Waals surface area contributed by atoms with Gasteiger partial charge in [-0.25, -0.2) is 4.98 Å². The van der Waals surface area contributed by atoms with Gasteiger partial charge in [0.25, 0.3) is 0 Å². The van der Waals surface area contributed by atoms with Crippen LogP contribution in [0.3, 0.4) is 0 Å². The van der Waals surface area contributed by atoms with Gasteiger partial charge < -0.3 is 4.98 Å². The second-order valence-electron chi connectivity index (χ2n) is 5.76. The molecule has 0 amide bonds. The molecule has 0 fully saturated rings. The van der Waals surface area contributed by atoms with Crippen molar-refractivity contribution >= 4 is 6.08 Å². The zero-order valence-corrected chi connectivity index (χ0v) is 13.2. The molecule has 0 radical (unpaired) electrons. The van der Waals surface area contributed by atoms with Crippen molar-refractivity contribution in [2.24, 2.45) is 0 Å². The number of hydrogen-bond acceptors (Lipinski definition) is 1. The first-order chi connectivity index (χ1) is 10.1. The van der Waals surface area contributed by atoms with Crippen molar-refractivity contribution < 1.29 is 0 Å². The van der Waals surface area contributed by atoms with Crippen LogP contribution in [0.5, 0.6) is 0 Å². The Morgan fingerprint density at radius 1 is 1.14 bits per heavy atom. The van der Waals surface area contributed by atoms with Crippen LogP contribution in [0.1, 0.15) is 50.7 Å². The van der Waals surface area contributed by atoms with Gasteiger partial charge in [-0.15, -0.1) is 0 Å². The fourth-order valence-corrected chi connectivity index (χ4v) is 2.26. The normalized spacial score (nSPS) is 11.5. The van der Waals surface area contributed by atoms with Gasteiger partial charge in [-0.1, -0.05) is 47.6 Å². The number of nitrogens with zero attached hydrogens (tertiary/aromatic N) is 1. The highest BCUT2D eigenvalue weighted by atomic mass is 14.9. The average Bonchev–Trinajstić information content (AvgIpc) is 2.86. The fraction of sp³-hybridized carbons (Fsp3) is 0.316. The van der Waals surface area contributed by atoms with E-state index in [-0.39, 0.29) is 0 Å². The Balaban J connectivity index is 1.95. The van der Waals surface area contributed by atoms with Crippen LogP contribution in [0.15, 0.2) is 53.8 Å². The highest BCUT2D eigenvalue weighted by Gasteiger charge is 2.00. The third kappa shape index (κ3) is 5.42. The molecule has 1 aromatic heterocycles. The van der Waals surface area contributed by atoms with Gasteiger partial charge in [-0.05, 0) is 45.3 Å². The molecule has 0 saturated heterocycles. The van der Waals surface area contributed by atoms with Crippen LogP contribution in [0.25, 0.3) is 6.08 Å². The quantitative estimate of drug-likeness (QED) is 0.728. The molecule has 21 heavy (non-hydrogen) atoms. The Morgan fingerprint density at radius 3 is 2.62 bits per heavy atom. The molecule has 1 heterocycles. The van der Waals surface area contributed by atoms with Gasteiger partial charge in [0.15, 0.2) is 0 Å². The maximum absolute atomic E-state index is 4.46. The van der Waals surface area contributed by atoms with Crippen molar-refractivity contribution in [3.63, 3.8) is 0 Å². The van der Waals surface area contributed by atoms with E-state index in [2.05, 4.69) is 67.2 Å². The lowest BCUT2D eigenvalue weighted by Gasteiger charge is -1.99. The minimum Gasteiger partial charge on any atom is -0.342 e. The maximum atomic E-state index is 4.46. The molecule has 1 N–H and O–H groups in total. The number of aromatic nitrogens is 2. The van der Waals surface area contributed by atoms with Crippen molar-refractivity contribution in [3.05, 3.63) is 70.8 Å². The largest absolute Gasteiger partial charge is 0.342 e. The van der Waals surface area contributed by atoms with Crippen molar-refractivity contribution in [2.75, 3.05) is 0 Å². The lowest BCUT2D eigenvalue weighted by molar-refractivity contribution is 0.973. The Labute approximate surface area is 127 Å². The first kappa shape index (κ1) is 15.3. The van der Waals surface area contributed by atoms with E-state index in [1.165, 1.54) is 16.7 Å². The van der Waals surface area contributed by atoms with Crippen LogP contribution in [-0.2, 0) is 6.42 Å². The zero-order chi connectivity index (χ0) is 15.1. The summed E-state index contributed by atoms with van der Waals surface area (Å²) >= 11 is 0. The maximum Gasteiger partial charge on any atom is 0.110 e. The summed E-state index contributed by atoms with van der Waals surface area (Å²) in [6, 6.07) is 10.4. The SMILES string of the molecule is CC(C)=CCCC(C)=Cc1cnc(Cc2ccccc2)[nH]1. The first-order valence-electron chi connectivity index (χ1n) is 7.52. The topological polar surface area (TPSA) is 28.7 Å². The molecule has 0 aliphatic rings. The second kappa shape index (κ2) is 7.63. The van der Waals surface area contributed by atoms with Crippen molar-refractivity contribution in [3.8, 4) is 0 Å². The number of rotatable bonds is 6. The molecule has 0 atom stereocenters. The van der Waals surface area contributed by atoms with E-state index in [1.807, 2.05) is 12.3 Å². The van der Waals surface area contributed by atoms with Gasteiger partial charge in [0.2, 0.25) is 0 Å². The van der Waals surface area contributed by atoms with Gasteiger partial charge in [-0.3, -0.25) is 0 Å². The van der Waals surface area contributed by atoms with Crippen molar-refractivity contribution in [2.45, 2.75) is 40.0 Å². The number of H-pyrrole nitrogens is 1. The number of allylic oxidation sites excluding steroid dienone is 3. The fourth-order valence-electron chi connectivity index (χ4n) is 2.26. The summed E-state index contributed by atoms with van der Waals surface area (Å²) in [6.45, 7) is 6.46. The van der Waals surface area contributed by atoms with Gasteiger partial charge in [0, 0.05) is 6.42 Å². The van der Waals surface area contributed by atoms with Crippen molar-refractivity contribution in [1.29, 1.82) is 0 Å². The minimum atomic E-state index is 0.853. The minimum absolute atomic E-state index is 0.853. The Kier molecular flexibility index (Phi) is 5.56. The van der Waals surface area contributed by atoms with E-state index in [4.69, 9.17) is 0 Å². The van der Waals surface area contributed by atoms with Gasteiger partial charge >= 0.3 is 0 Å². The molecular weight excluding hydrogens is 256 g/mol. The molecular formula is C19H24N2. The smallest absolute Gasteiger partial charge is 0.110 e. The summed E-state index contributed by atoms with van der Waals surface area (Å²) in [5, 5.41) is 0. The monoisotopic (exact) mass is 280 g/mol. The van der Waals surface area contributed by atoms with Crippen LogP contribution in [0.2, 0.25) is 0 Å². The lowest BCUT2D eigenvalue weighted by atomic mass is 10.1. The predicted molar refractivity (Wildman–Crippen MR) is 90.2 cm³/mol. The molecule has 110 valence electrons. The van der Waals surface area contributed by atoms with Crippen molar-refractivity contribution in [1.82, 2.24) is 9.97 Å². The molecule has 0 saturated carbocycles. The van der Waals surface area contributed by atoms with Gasteiger partial charge in [0.1, 0.15) is 5.82 Å². The molecule has 2 rings (SSSR count). The van der Waals surface area contributed by atoms with E-state index in [1.54, 1.807) is 0 Å². The molecule has 2 heteroatoms. The Bertz CT molecular complexity index is 614. The second-order valence-corrected chi connectivity index (χ2v) is 5.76. The summed E-state index contributed by atoms with van der Waals surface area (Å²) < 4.78 is 0. The number of benzene rings is 1. The molecule has 2 nitrogen and oxygen atoms in total. The molecule has 2 aromatic rings. The molecule has 0 spiro atoms. The summed E-state index contributed by atoms with van der Waals surface area (Å²) in [4.78, 5) is 7.85. The summed E-state index contributed by atoms with van der Waals surface area (Å²) in [5.41, 5.74) is 5.13. The molecule has 0 aliphatic carbocycles. The van der Waals surface area contributed by atoms with E-state index in [0.717, 1.165) is 30.8 Å². The number of imidazole rings is 1. The van der Waals surface area contributed by atoms with Crippen LogP contribution >= 0.6 is 0 Å². The van der Waals surface area contributed by atoms with E-state index < -0.39 is 0 Å². The lowest BCUT2D eigenvalue weighted by Crippen LogP contribution is -1.90. The molecule has 0 bridgehead atoms. The van der Waals surface area contributed by atoms with E-state index in [9.17, 15) is 0 Å². The zero-order valence-electron chi connectivity index (χ0n) is 13.2. The average molecular weight is 280 g/mol. The van der Waals surface area contributed by atoms with Crippen LogP contribution in [0.4, 0.5) is 0 Å². The number of aromatic amines is 1. The molecule has 0 aliphatic heterocycles. The number of nitrogens with one attached hydrogen (secondary N) is 1. The highest BCUT2D eigenvalue weighted by molar-refractivity contribution is 5.47. The predicted octanol–water partition coefficient (Wildman–Crippen LogP) is 5.15. The van der Waals surface area contributed by atoms with Crippen LogP contribution < -0.4 is 0 Å². The summed E-state index contributed by atoms with van der Waals surface area (Å²) in [7, 11) is 0. The standard InChI is InChI=1S/C19H24N2/c1-15(2)8-7-9-16(3)12-18-14-20-19(21-18)13-17-10-5-4-6-11-17/h4-6,8,10-12,14H,7,9,13H2,1-3H3,(H,20,21). The molecule has 1 aromatic carbocycles. The third-order valence-electron chi connectivity index (χ3n) is 3.36. The van der Waals surface area contributed by atoms with Crippen LogP contribution in [0, 0.1) is 0 Å². The van der Waals surface area contributed by atoms with Gasteiger partial charge in [0.05, 0.1) is 11.9 Å². The molecule has 0 unspecified atom stereocenters. The summed E-state index contributed by atoms with van der Waals surface area (Å²) in [6.07, 6.45) is 9.45. The first-order valence-corrected chi connectivity index (χ1v) is 7.52. The highest BCUT2D eigenvalue weighted by Crippen LogP contribution is 2.12. The van der Waals surface area contributed by atoms with Crippen LogP contribution in [-0.4, -0.2) is 9.97 Å².